The van der Waals surface area contributed by atoms with Crippen molar-refractivity contribution < 1.29 is 13.2 Å². The second-order valence-electron chi connectivity index (χ2n) is 4.97. The van der Waals surface area contributed by atoms with E-state index in [0.717, 1.165) is 22.9 Å². The molecule has 0 bridgehead atoms. The molecule has 112 valence electrons. The Morgan fingerprint density at radius 2 is 2.20 bits per heavy atom. The lowest BCUT2D eigenvalue weighted by molar-refractivity contribution is 0.149. The standard InChI is InChI=1S/C14H20BrNO3S/c1-3-11-9-12(15)6-7-14(11)20(17,18)16-8-4-5-13(16)10-19-2/h6-7,9,13H,3-5,8,10H2,1-2H3. The molecule has 0 aromatic heterocycles. The number of sulfonamides is 1. The van der Waals surface area contributed by atoms with Crippen molar-refractivity contribution in [3.63, 3.8) is 0 Å². The van der Waals surface area contributed by atoms with E-state index in [1.807, 2.05) is 13.0 Å². The Morgan fingerprint density at radius 3 is 2.85 bits per heavy atom. The minimum atomic E-state index is -3.44. The van der Waals surface area contributed by atoms with Crippen molar-refractivity contribution in [2.45, 2.75) is 37.1 Å². The molecular formula is C14H20BrNO3S. The first-order chi connectivity index (χ1) is 9.50. The molecule has 1 saturated heterocycles. The molecule has 20 heavy (non-hydrogen) atoms. The van der Waals surface area contributed by atoms with Crippen molar-refractivity contribution in [1.82, 2.24) is 4.31 Å². The van der Waals surface area contributed by atoms with E-state index in [2.05, 4.69) is 15.9 Å². The van der Waals surface area contributed by atoms with E-state index < -0.39 is 10.0 Å². The maximum absolute atomic E-state index is 12.9. The van der Waals surface area contributed by atoms with Crippen LogP contribution in [-0.4, -0.2) is 39.0 Å². The second kappa shape index (κ2) is 6.56. The van der Waals surface area contributed by atoms with Gasteiger partial charge in [-0.2, -0.15) is 4.31 Å². The van der Waals surface area contributed by atoms with E-state index >= 15 is 0 Å². The Morgan fingerprint density at radius 1 is 1.45 bits per heavy atom. The third-order valence-electron chi connectivity index (χ3n) is 3.67. The highest BCUT2D eigenvalue weighted by atomic mass is 79.9. The number of ether oxygens (including phenoxy) is 1. The highest BCUT2D eigenvalue weighted by Crippen LogP contribution is 2.29. The summed E-state index contributed by atoms with van der Waals surface area (Å²) in [6.45, 7) is 3.00. The lowest BCUT2D eigenvalue weighted by Crippen LogP contribution is -2.38. The highest BCUT2D eigenvalue weighted by Gasteiger charge is 2.36. The van der Waals surface area contributed by atoms with Crippen LogP contribution in [-0.2, 0) is 21.2 Å². The fourth-order valence-electron chi connectivity index (χ4n) is 2.69. The summed E-state index contributed by atoms with van der Waals surface area (Å²) >= 11 is 3.40. The lowest BCUT2D eigenvalue weighted by atomic mass is 10.2. The molecule has 0 aliphatic carbocycles. The lowest BCUT2D eigenvalue weighted by Gasteiger charge is -2.24. The topological polar surface area (TPSA) is 46.6 Å². The maximum Gasteiger partial charge on any atom is 0.243 e. The SMILES string of the molecule is CCc1cc(Br)ccc1S(=O)(=O)N1CCCC1COC. The van der Waals surface area contributed by atoms with Crippen LogP contribution in [0.3, 0.4) is 0 Å². The predicted octanol–water partition coefficient (Wildman–Crippen LogP) is 2.81. The molecule has 4 nitrogen and oxygen atoms in total. The van der Waals surface area contributed by atoms with Gasteiger partial charge in [0.2, 0.25) is 10.0 Å². The number of hydrogen-bond donors (Lipinski definition) is 0. The Labute approximate surface area is 129 Å². The molecule has 1 aliphatic heterocycles. The smallest absolute Gasteiger partial charge is 0.243 e. The number of hydrogen-bond acceptors (Lipinski definition) is 3. The number of nitrogens with zero attached hydrogens (tertiary/aromatic N) is 1. The average Bonchev–Trinajstić information content (AvgIpc) is 2.87. The number of aryl methyl sites for hydroxylation is 1. The van der Waals surface area contributed by atoms with Crippen molar-refractivity contribution in [1.29, 1.82) is 0 Å². The van der Waals surface area contributed by atoms with Crippen LogP contribution in [0.2, 0.25) is 0 Å². The van der Waals surface area contributed by atoms with E-state index in [9.17, 15) is 8.42 Å². The van der Waals surface area contributed by atoms with Gasteiger partial charge in [0.25, 0.3) is 0 Å². The molecule has 0 N–H and O–H groups in total. The molecule has 0 saturated carbocycles. The number of methoxy groups -OCH3 is 1. The molecule has 2 rings (SSSR count). The fourth-order valence-corrected chi connectivity index (χ4v) is 5.05. The maximum atomic E-state index is 12.9. The summed E-state index contributed by atoms with van der Waals surface area (Å²) in [5.41, 5.74) is 0.849. The molecule has 1 aromatic rings. The van der Waals surface area contributed by atoms with Gasteiger partial charge in [0.05, 0.1) is 11.5 Å². The highest BCUT2D eigenvalue weighted by molar-refractivity contribution is 9.10. The minimum absolute atomic E-state index is 0.0432. The molecule has 0 amide bonds. The van der Waals surface area contributed by atoms with Crippen LogP contribution in [0.4, 0.5) is 0 Å². The Balaban J connectivity index is 2.39. The minimum Gasteiger partial charge on any atom is -0.383 e. The Kier molecular flexibility index (Phi) is 5.23. The van der Waals surface area contributed by atoms with Crippen molar-refractivity contribution in [2.75, 3.05) is 20.3 Å². The molecular weight excluding hydrogens is 342 g/mol. The van der Waals surface area contributed by atoms with Crippen LogP contribution in [0.25, 0.3) is 0 Å². The second-order valence-corrected chi connectivity index (χ2v) is 7.75. The van der Waals surface area contributed by atoms with Crippen molar-refractivity contribution >= 4 is 26.0 Å². The monoisotopic (exact) mass is 361 g/mol. The predicted molar refractivity (Wildman–Crippen MR) is 82.3 cm³/mol. The third kappa shape index (κ3) is 3.08. The van der Waals surface area contributed by atoms with Crippen LogP contribution >= 0.6 is 15.9 Å². The quantitative estimate of drug-likeness (QED) is 0.809. The molecule has 1 atom stereocenters. The first kappa shape index (κ1) is 15.9. The summed E-state index contributed by atoms with van der Waals surface area (Å²) in [4.78, 5) is 0.422. The summed E-state index contributed by atoms with van der Waals surface area (Å²) in [6, 6.07) is 5.32. The summed E-state index contributed by atoms with van der Waals surface area (Å²) < 4.78 is 33.4. The molecule has 1 fully saturated rings. The zero-order valence-corrected chi connectivity index (χ0v) is 14.2. The number of rotatable bonds is 5. The van der Waals surface area contributed by atoms with Crippen LogP contribution in [0.15, 0.2) is 27.6 Å². The zero-order valence-electron chi connectivity index (χ0n) is 11.8. The summed E-state index contributed by atoms with van der Waals surface area (Å²) in [5, 5.41) is 0. The van der Waals surface area contributed by atoms with Crippen molar-refractivity contribution in [2.24, 2.45) is 0 Å². The van der Waals surface area contributed by atoms with Gasteiger partial charge in [-0.3, -0.25) is 0 Å². The first-order valence-electron chi connectivity index (χ1n) is 6.80. The van der Waals surface area contributed by atoms with Gasteiger partial charge in [-0.25, -0.2) is 8.42 Å². The summed E-state index contributed by atoms with van der Waals surface area (Å²) in [5.74, 6) is 0. The van der Waals surface area contributed by atoms with Gasteiger partial charge in [-0.1, -0.05) is 22.9 Å². The van der Waals surface area contributed by atoms with Gasteiger partial charge in [0, 0.05) is 24.2 Å². The number of benzene rings is 1. The van der Waals surface area contributed by atoms with E-state index in [0.29, 0.717) is 24.5 Å². The third-order valence-corrected chi connectivity index (χ3v) is 6.22. The molecule has 1 unspecified atom stereocenters. The van der Waals surface area contributed by atoms with Crippen LogP contribution in [0.5, 0.6) is 0 Å². The van der Waals surface area contributed by atoms with Gasteiger partial charge in [0.15, 0.2) is 0 Å². The molecule has 0 radical (unpaired) electrons. The number of halogens is 1. The van der Waals surface area contributed by atoms with E-state index in [4.69, 9.17) is 4.74 Å². The van der Waals surface area contributed by atoms with E-state index in [1.165, 1.54) is 0 Å². The van der Waals surface area contributed by atoms with Crippen LogP contribution in [0, 0.1) is 0 Å². The molecule has 0 spiro atoms. The molecule has 1 heterocycles. The van der Waals surface area contributed by atoms with E-state index in [1.54, 1.807) is 23.5 Å². The van der Waals surface area contributed by atoms with Gasteiger partial charge in [-0.05, 0) is 43.0 Å². The fraction of sp³-hybridized carbons (Fsp3) is 0.571. The van der Waals surface area contributed by atoms with Gasteiger partial charge in [-0.15, -0.1) is 0 Å². The summed E-state index contributed by atoms with van der Waals surface area (Å²) in [6.07, 6.45) is 2.45. The Hall–Kier alpha value is -0.430. The van der Waals surface area contributed by atoms with Gasteiger partial charge in [0.1, 0.15) is 0 Å². The van der Waals surface area contributed by atoms with Crippen LogP contribution in [0.1, 0.15) is 25.3 Å². The van der Waals surface area contributed by atoms with Gasteiger partial charge >= 0.3 is 0 Å². The zero-order chi connectivity index (χ0) is 14.8. The van der Waals surface area contributed by atoms with Gasteiger partial charge < -0.3 is 4.74 Å². The first-order valence-corrected chi connectivity index (χ1v) is 9.03. The van der Waals surface area contributed by atoms with E-state index in [-0.39, 0.29) is 6.04 Å². The largest absolute Gasteiger partial charge is 0.383 e. The van der Waals surface area contributed by atoms with Crippen molar-refractivity contribution in [3.05, 3.63) is 28.2 Å². The normalized spacial score (nSPS) is 20.4. The molecule has 1 aromatic carbocycles. The molecule has 6 heteroatoms. The van der Waals surface area contributed by atoms with Crippen LogP contribution < -0.4 is 0 Å². The Bertz CT molecular complexity index is 574. The average molecular weight is 362 g/mol. The molecule has 1 aliphatic rings. The summed E-state index contributed by atoms with van der Waals surface area (Å²) in [7, 11) is -1.83. The van der Waals surface area contributed by atoms with Crippen molar-refractivity contribution in [3.8, 4) is 0 Å².